The summed E-state index contributed by atoms with van der Waals surface area (Å²) in [5, 5.41) is 44.0. The molecule has 282 valence electrons. The van der Waals surface area contributed by atoms with Gasteiger partial charge in [0.25, 0.3) is 0 Å². The van der Waals surface area contributed by atoms with Gasteiger partial charge >= 0.3 is 0 Å². The van der Waals surface area contributed by atoms with Gasteiger partial charge in [-0.05, 0) is 36.5 Å². The van der Waals surface area contributed by atoms with Gasteiger partial charge in [-0.3, -0.25) is 38.6 Å². The Morgan fingerprint density at radius 3 is 1.73 bits per heavy atom. The Morgan fingerprint density at radius 2 is 1.20 bits per heavy atom. The molecule has 0 radical (unpaired) electrons. The Morgan fingerprint density at radius 1 is 0.725 bits per heavy atom. The molecule has 0 saturated carbocycles. The summed E-state index contributed by atoms with van der Waals surface area (Å²) in [7, 11) is 0. The van der Waals surface area contributed by atoms with Crippen molar-refractivity contribution in [3.63, 3.8) is 0 Å². The van der Waals surface area contributed by atoms with Crippen molar-refractivity contribution in [1.82, 2.24) is 31.9 Å². The van der Waals surface area contributed by atoms with E-state index in [-0.39, 0.29) is 37.5 Å². The molecule has 1 aromatic carbocycles. The molecule has 15 N–H and O–H groups in total. The van der Waals surface area contributed by atoms with Crippen LogP contribution in [0.3, 0.4) is 0 Å². The second kappa shape index (κ2) is 20.2. The van der Waals surface area contributed by atoms with Crippen LogP contribution in [-0.4, -0.2) is 119 Å². The van der Waals surface area contributed by atoms with Gasteiger partial charge in [-0.1, -0.05) is 32.4 Å². The highest BCUT2D eigenvalue weighted by molar-refractivity contribution is 5.99. The monoisotopic (exact) mass is 720 g/mol. The molecule has 1 aliphatic rings. The Balaban J connectivity index is 2.63. The van der Waals surface area contributed by atoms with Gasteiger partial charge in [0.15, 0.2) is 5.96 Å². The van der Waals surface area contributed by atoms with E-state index in [1.165, 1.54) is 24.3 Å². The van der Waals surface area contributed by atoms with Gasteiger partial charge in [-0.15, -0.1) is 0 Å². The minimum atomic E-state index is -1.68. The van der Waals surface area contributed by atoms with Crippen LogP contribution in [0.2, 0.25) is 0 Å². The molecular formula is C31H48N10O10. The first-order valence-corrected chi connectivity index (χ1v) is 16.3. The third-order valence-electron chi connectivity index (χ3n) is 8.05. The number of aliphatic hydroxyl groups excluding tert-OH is 2. The van der Waals surface area contributed by atoms with E-state index in [1.807, 2.05) is 0 Å². The maximum atomic E-state index is 13.8. The highest BCUT2D eigenvalue weighted by Crippen LogP contribution is 2.14. The van der Waals surface area contributed by atoms with Crippen LogP contribution < -0.4 is 49.1 Å². The summed E-state index contributed by atoms with van der Waals surface area (Å²) in [4.78, 5) is 96.7. The lowest BCUT2D eigenvalue weighted by Gasteiger charge is -2.30. The quantitative estimate of drug-likeness (QED) is 0.0548. The average molecular weight is 721 g/mol. The molecule has 20 heteroatoms. The van der Waals surface area contributed by atoms with Crippen LogP contribution in [0.1, 0.15) is 45.1 Å². The van der Waals surface area contributed by atoms with Crippen molar-refractivity contribution in [3.05, 3.63) is 29.8 Å². The average Bonchev–Trinajstić information content (AvgIpc) is 3.08. The van der Waals surface area contributed by atoms with Gasteiger partial charge in [0.05, 0.1) is 19.6 Å². The lowest BCUT2D eigenvalue weighted by molar-refractivity contribution is -0.138. The summed E-state index contributed by atoms with van der Waals surface area (Å²) in [6.45, 7) is 1.49. The standard InChI is InChI=1S/C31H48N10O10/c1-3-15(2)24-30(51)40-22(14-43)29(50)39-21(13-42)28(49)36-18(5-4-10-35-31(33)34)25(46)38-20(12-23(32)45)26(47)37-19(27(48)41-24)11-16-6-8-17(44)9-7-16/h6-9,15,18-22,24,42-44H,3-5,10-14H2,1-2H3,(H2,32,45)(H,36,49)(H,37,47)(H,38,46)(H,39,50)(H,40,51)(H,41,48)(H4,33,34,35)/t15-,18-,19-,20-,21-,22+,24-/m0/s1. The number of aliphatic imine (C=N–C) groups is 1. The fourth-order valence-electron chi connectivity index (χ4n) is 4.95. The summed E-state index contributed by atoms with van der Waals surface area (Å²) in [6.07, 6.45) is -0.573. The fourth-order valence-corrected chi connectivity index (χ4v) is 4.95. The molecule has 1 heterocycles. The third-order valence-corrected chi connectivity index (χ3v) is 8.05. The summed E-state index contributed by atoms with van der Waals surface area (Å²) in [6, 6.07) is -3.47. The normalized spacial score (nSPS) is 24.6. The number of phenolic OH excluding ortho intramolecular Hbond substituents is 1. The van der Waals surface area contributed by atoms with Crippen LogP contribution in [0.5, 0.6) is 5.75 Å². The van der Waals surface area contributed by atoms with Gasteiger partial charge in [0.1, 0.15) is 42.0 Å². The molecular weight excluding hydrogens is 672 g/mol. The summed E-state index contributed by atoms with van der Waals surface area (Å²) in [5.41, 5.74) is 16.6. The van der Waals surface area contributed by atoms with Crippen molar-refractivity contribution in [1.29, 1.82) is 0 Å². The number of hydrogen-bond donors (Lipinski definition) is 12. The highest BCUT2D eigenvalue weighted by Gasteiger charge is 2.36. The number of primary amides is 1. The van der Waals surface area contributed by atoms with E-state index >= 15 is 0 Å². The van der Waals surface area contributed by atoms with Crippen molar-refractivity contribution < 1.29 is 48.9 Å². The minimum absolute atomic E-state index is 0.0247. The summed E-state index contributed by atoms with van der Waals surface area (Å²) >= 11 is 0. The second-order valence-corrected chi connectivity index (χ2v) is 12.0. The third kappa shape index (κ3) is 13.4. The molecule has 0 spiro atoms. The lowest BCUT2D eigenvalue weighted by atomic mass is 9.96. The molecule has 1 aliphatic heterocycles. The lowest BCUT2D eigenvalue weighted by Crippen LogP contribution is -2.63. The zero-order chi connectivity index (χ0) is 38.2. The van der Waals surface area contributed by atoms with Crippen molar-refractivity contribution in [2.75, 3.05) is 19.8 Å². The van der Waals surface area contributed by atoms with Crippen molar-refractivity contribution in [2.24, 2.45) is 28.1 Å². The van der Waals surface area contributed by atoms with E-state index < -0.39 is 103 Å². The van der Waals surface area contributed by atoms with E-state index in [2.05, 4.69) is 36.9 Å². The van der Waals surface area contributed by atoms with E-state index in [9.17, 15) is 48.9 Å². The number of guanidine groups is 1. The smallest absolute Gasteiger partial charge is 0.245 e. The highest BCUT2D eigenvalue weighted by atomic mass is 16.3. The molecule has 1 saturated heterocycles. The topological polar surface area (TPSA) is 343 Å². The molecule has 7 atom stereocenters. The largest absolute Gasteiger partial charge is 0.508 e. The fraction of sp³-hybridized carbons (Fsp3) is 0.548. The maximum absolute atomic E-state index is 13.8. The number of benzene rings is 1. The predicted octanol–water partition coefficient (Wildman–Crippen LogP) is -5.18. The molecule has 20 nitrogen and oxygen atoms in total. The van der Waals surface area contributed by atoms with Crippen molar-refractivity contribution >= 4 is 47.3 Å². The number of phenols is 1. The van der Waals surface area contributed by atoms with Gasteiger partial charge in [0.2, 0.25) is 41.4 Å². The first-order chi connectivity index (χ1) is 24.1. The number of aromatic hydroxyl groups is 1. The molecule has 2 rings (SSSR count). The Bertz CT molecular complexity index is 1440. The molecule has 0 aliphatic carbocycles. The summed E-state index contributed by atoms with van der Waals surface area (Å²) < 4.78 is 0. The van der Waals surface area contributed by atoms with Crippen LogP contribution in [0.15, 0.2) is 29.3 Å². The number of carbonyl (C=O) groups excluding carboxylic acids is 7. The molecule has 0 unspecified atom stereocenters. The number of rotatable bonds is 12. The number of hydrogen-bond acceptors (Lipinski definition) is 11. The Kier molecular flexibility index (Phi) is 16.5. The van der Waals surface area contributed by atoms with Gasteiger partial charge in [0, 0.05) is 13.0 Å². The number of nitrogens with zero attached hydrogens (tertiary/aromatic N) is 1. The first-order valence-electron chi connectivity index (χ1n) is 16.3. The molecule has 0 bridgehead atoms. The molecule has 51 heavy (non-hydrogen) atoms. The van der Waals surface area contributed by atoms with Crippen LogP contribution >= 0.6 is 0 Å². The first kappa shape index (κ1) is 41.7. The number of aliphatic hydroxyl groups is 2. The number of nitrogens with one attached hydrogen (secondary N) is 6. The molecule has 1 fully saturated rings. The number of nitrogens with two attached hydrogens (primary N) is 3. The van der Waals surface area contributed by atoms with Crippen molar-refractivity contribution in [2.45, 2.75) is 82.2 Å². The van der Waals surface area contributed by atoms with Crippen LogP contribution in [0, 0.1) is 5.92 Å². The van der Waals surface area contributed by atoms with E-state index in [0.29, 0.717) is 12.0 Å². The minimum Gasteiger partial charge on any atom is -0.508 e. The maximum Gasteiger partial charge on any atom is 0.245 e. The molecule has 0 aromatic heterocycles. The number of amides is 7. The SMILES string of the molecule is CC[C@H](C)[C@@H]1NC(=O)[C@H](Cc2ccc(O)cc2)NC(=O)[C@H](CC(N)=O)NC(=O)[C@H](CCCN=C(N)N)NC(=O)[C@H](CO)NC(=O)[C@@H](CO)NC1=O. The van der Waals surface area contributed by atoms with Gasteiger partial charge < -0.3 is 64.4 Å². The molecule has 1 aromatic rings. The van der Waals surface area contributed by atoms with Crippen LogP contribution in [0.4, 0.5) is 0 Å². The van der Waals surface area contributed by atoms with E-state index in [1.54, 1.807) is 13.8 Å². The second-order valence-electron chi connectivity index (χ2n) is 12.0. The van der Waals surface area contributed by atoms with Crippen molar-refractivity contribution in [3.8, 4) is 5.75 Å². The van der Waals surface area contributed by atoms with Crippen LogP contribution in [0.25, 0.3) is 0 Å². The van der Waals surface area contributed by atoms with E-state index in [4.69, 9.17) is 17.2 Å². The number of carbonyl (C=O) groups is 7. The predicted molar refractivity (Wildman–Crippen MR) is 181 cm³/mol. The van der Waals surface area contributed by atoms with Gasteiger partial charge in [-0.25, -0.2) is 0 Å². The Hall–Kier alpha value is -5.50. The van der Waals surface area contributed by atoms with Gasteiger partial charge in [-0.2, -0.15) is 0 Å². The van der Waals surface area contributed by atoms with Crippen LogP contribution in [-0.2, 0) is 40.0 Å². The van der Waals surface area contributed by atoms with E-state index in [0.717, 1.165) is 0 Å². The summed E-state index contributed by atoms with van der Waals surface area (Å²) in [5.74, 6) is -7.70. The molecule has 7 amide bonds. The zero-order valence-electron chi connectivity index (χ0n) is 28.4. The zero-order valence-corrected chi connectivity index (χ0v) is 28.4. The Labute approximate surface area is 293 Å².